The van der Waals surface area contributed by atoms with Gasteiger partial charge in [0.15, 0.2) is 18.2 Å². The van der Waals surface area contributed by atoms with E-state index in [9.17, 15) is 28.8 Å². The molecule has 0 saturated carbocycles. The topological polar surface area (TPSA) is 201 Å². The molecular weight excluding hydrogens is 772 g/mol. The van der Waals surface area contributed by atoms with E-state index < -0.39 is 29.7 Å². The van der Waals surface area contributed by atoms with E-state index in [4.69, 9.17) is 26.1 Å². The number of imide groups is 2. The predicted octanol–water partition coefficient (Wildman–Crippen LogP) is 1.28. The van der Waals surface area contributed by atoms with Crippen LogP contribution in [0.4, 0.5) is 23.1 Å². The second kappa shape index (κ2) is 16.0. The van der Waals surface area contributed by atoms with Crippen molar-refractivity contribution in [2.45, 2.75) is 25.0 Å². The van der Waals surface area contributed by atoms with Gasteiger partial charge in [0, 0.05) is 83.1 Å². The normalized spacial score (nSPS) is 20.0. The zero-order valence-electron chi connectivity index (χ0n) is 31.8. The molecule has 302 valence electrons. The average Bonchev–Trinajstić information content (AvgIpc) is 3.47. The van der Waals surface area contributed by atoms with E-state index >= 15 is 0 Å². The summed E-state index contributed by atoms with van der Waals surface area (Å²) in [5.41, 5.74) is 2.33. The van der Waals surface area contributed by atoms with Gasteiger partial charge in [-0.25, -0.2) is 4.98 Å². The average molecular weight is 813 g/mol. The Balaban J connectivity index is 0.879. The molecule has 4 aliphatic heterocycles. The van der Waals surface area contributed by atoms with Crippen molar-refractivity contribution in [1.82, 2.24) is 35.0 Å². The number of piperidine rings is 1. The standard InChI is InChI=1S/C39H41ClN10O8/c1-41-33(52)21-58-31-16-22-15-23(3-6-29(22)46(2)38(31)56)43-34-28(40)18-42-39(45-34)49-13-14-57-25(20-49)19-47-9-11-48(12-10-47)24-4-5-26-27(17-24)37(55)50(36(26)54)30-7-8-32(51)44-35(30)53/h3-6,15-18,25,30H,7-14,19-21H2,1-2H3,(H,41,52)(H,42,43,45)(H,44,51,53). The Morgan fingerprint density at radius 3 is 2.55 bits per heavy atom. The first-order valence-electron chi connectivity index (χ1n) is 18.9. The molecule has 2 unspecified atom stereocenters. The van der Waals surface area contributed by atoms with Gasteiger partial charge >= 0.3 is 0 Å². The van der Waals surface area contributed by atoms with Crippen LogP contribution in [-0.2, 0) is 26.2 Å². The number of ether oxygens (including phenoxy) is 2. The van der Waals surface area contributed by atoms with E-state index in [0.717, 1.165) is 23.7 Å². The monoisotopic (exact) mass is 812 g/mol. The number of piperazine rings is 1. The fraction of sp³-hybridized carbons (Fsp3) is 0.385. The maximum Gasteiger partial charge on any atom is 0.293 e. The molecule has 2 aromatic carbocycles. The Labute approximate surface area is 337 Å². The van der Waals surface area contributed by atoms with Gasteiger partial charge in [-0.3, -0.25) is 43.9 Å². The van der Waals surface area contributed by atoms with Crippen LogP contribution in [0, 0.1) is 0 Å². The Morgan fingerprint density at radius 2 is 1.78 bits per heavy atom. The number of nitrogens with zero attached hydrogens (tertiary/aromatic N) is 7. The maximum atomic E-state index is 13.4. The Kier molecular flexibility index (Phi) is 10.7. The number of aromatic nitrogens is 3. The number of morpholine rings is 1. The first kappa shape index (κ1) is 38.7. The molecule has 58 heavy (non-hydrogen) atoms. The molecule has 3 saturated heterocycles. The highest BCUT2D eigenvalue weighted by atomic mass is 35.5. The zero-order valence-corrected chi connectivity index (χ0v) is 32.6. The van der Waals surface area contributed by atoms with Gasteiger partial charge in [0.2, 0.25) is 17.8 Å². The molecular formula is C39H41ClN10O8. The van der Waals surface area contributed by atoms with Crippen LogP contribution in [0.1, 0.15) is 33.6 Å². The van der Waals surface area contributed by atoms with Crippen molar-refractivity contribution in [3.8, 4) is 5.75 Å². The van der Waals surface area contributed by atoms with Crippen molar-refractivity contribution in [1.29, 1.82) is 0 Å². The largest absolute Gasteiger partial charge is 0.478 e. The van der Waals surface area contributed by atoms with Crippen LogP contribution in [-0.4, -0.2) is 132 Å². The van der Waals surface area contributed by atoms with E-state index in [1.165, 1.54) is 11.6 Å². The number of anilines is 4. The van der Waals surface area contributed by atoms with E-state index in [2.05, 4.69) is 35.6 Å². The number of fused-ring (bicyclic) bond motifs is 2. The highest BCUT2D eigenvalue weighted by Crippen LogP contribution is 2.32. The van der Waals surface area contributed by atoms with Gasteiger partial charge < -0.3 is 34.5 Å². The SMILES string of the molecule is CNC(=O)COc1cc2cc(Nc3nc(N4CCOC(CN5CCN(c6ccc7c(c6)C(=O)N(C6CCC(=O)NC6=O)C7=O)CC5)C4)ncc3Cl)ccc2n(C)c1=O. The molecule has 0 aliphatic carbocycles. The van der Waals surface area contributed by atoms with Gasteiger partial charge in [-0.05, 0) is 48.9 Å². The van der Waals surface area contributed by atoms with Gasteiger partial charge in [-0.2, -0.15) is 4.98 Å². The number of carbonyl (C=O) groups excluding carboxylic acids is 5. The number of likely N-dealkylation sites (N-methyl/N-ethyl adjacent to an activating group) is 1. The number of carbonyl (C=O) groups is 5. The number of benzene rings is 2. The molecule has 4 aliphatic rings. The predicted molar refractivity (Wildman–Crippen MR) is 213 cm³/mol. The number of aryl methyl sites for hydroxylation is 1. The minimum Gasteiger partial charge on any atom is -0.478 e. The summed E-state index contributed by atoms with van der Waals surface area (Å²) in [5, 5.41) is 9.01. The van der Waals surface area contributed by atoms with Crippen molar-refractivity contribution in [2.24, 2.45) is 7.05 Å². The summed E-state index contributed by atoms with van der Waals surface area (Å²) < 4.78 is 13.1. The number of hydrogen-bond donors (Lipinski definition) is 3. The summed E-state index contributed by atoms with van der Waals surface area (Å²) in [7, 11) is 3.13. The lowest BCUT2D eigenvalue weighted by Gasteiger charge is -2.40. The summed E-state index contributed by atoms with van der Waals surface area (Å²) in [6, 6.07) is 11.3. The van der Waals surface area contributed by atoms with Crippen molar-refractivity contribution in [2.75, 3.05) is 81.2 Å². The van der Waals surface area contributed by atoms with E-state index in [1.807, 2.05) is 18.2 Å². The van der Waals surface area contributed by atoms with Crippen molar-refractivity contribution >= 4 is 75.2 Å². The number of nitrogens with one attached hydrogen (secondary N) is 3. The van der Waals surface area contributed by atoms with Crippen LogP contribution < -0.4 is 36.0 Å². The minimum atomic E-state index is -1.00. The van der Waals surface area contributed by atoms with Gasteiger partial charge in [-0.15, -0.1) is 0 Å². The quantitative estimate of drug-likeness (QED) is 0.194. The zero-order chi connectivity index (χ0) is 40.7. The van der Waals surface area contributed by atoms with E-state index in [0.29, 0.717) is 72.7 Å². The van der Waals surface area contributed by atoms with E-state index in [1.54, 1.807) is 37.5 Å². The smallest absolute Gasteiger partial charge is 0.293 e. The van der Waals surface area contributed by atoms with Crippen LogP contribution in [0.15, 0.2) is 53.5 Å². The fourth-order valence-electron chi connectivity index (χ4n) is 7.73. The maximum absolute atomic E-state index is 13.4. The number of halogens is 1. The van der Waals surface area contributed by atoms with Crippen molar-refractivity contribution in [3.05, 3.63) is 75.2 Å². The van der Waals surface area contributed by atoms with Crippen molar-refractivity contribution < 1.29 is 33.4 Å². The fourth-order valence-corrected chi connectivity index (χ4v) is 7.87. The van der Waals surface area contributed by atoms with Gasteiger partial charge in [-0.1, -0.05) is 11.6 Å². The third kappa shape index (κ3) is 7.65. The molecule has 0 radical (unpaired) electrons. The van der Waals surface area contributed by atoms with Crippen LogP contribution >= 0.6 is 11.6 Å². The molecule has 0 spiro atoms. The molecule has 3 N–H and O–H groups in total. The summed E-state index contributed by atoms with van der Waals surface area (Å²) in [6.07, 6.45) is 1.63. The molecule has 3 fully saturated rings. The summed E-state index contributed by atoms with van der Waals surface area (Å²) >= 11 is 6.56. The summed E-state index contributed by atoms with van der Waals surface area (Å²) in [5.74, 6) is -1.48. The molecule has 18 nitrogen and oxygen atoms in total. The molecule has 5 amide bonds. The molecule has 4 aromatic rings. The highest BCUT2D eigenvalue weighted by molar-refractivity contribution is 6.33. The molecule has 2 atom stereocenters. The second-order valence-electron chi connectivity index (χ2n) is 14.5. The molecule has 0 bridgehead atoms. The molecule has 6 heterocycles. The second-order valence-corrected chi connectivity index (χ2v) is 14.9. The number of rotatable bonds is 10. The molecule has 2 aromatic heterocycles. The highest BCUT2D eigenvalue weighted by Gasteiger charge is 2.45. The first-order chi connectivity index (χ1) is 28.0. The minimum absolute atomic E-state index is 0.0546. The summed E-state index contributed by atoms with van der Waals surface area (Å²) in [4.78, 5) is 91.9. The lowest BCUT2D eigenvalue weighted by Crippen LogP contribution is -2.54. The van der Waals surface area contributed by atoms with Crippen LogP contribution in [0.3, 0.4) is 0 Å². The van der Waals surface area contributed by atoms with Crippen LogP contribution in [0.5, 0.6) is 5.75 Å². The molecule has 19 heteroatoms. The van der Waals surface area contributed by atoms with Gasteiger partial charge in [0.1, 0.15) is 11.1 Å². The number of pyridine rings is 1. The lowest BCUT2D eigenvalue weighted by molar-refractivity contribution is -0.136. The van der Waals surface area contributed by atoms with Crippen LogP contribution in [0.25, 0.3) is 10.9 Å². The number of amides is 5. The third-order valence-corrected chi connectivity index (χ3v) is 11.1. The molecule has 8 rings (SSSR count). The Morgan fingerprint density at radius 1 is 0.983 bits per heavy atom. The first-order valence-corrected chi connectivity index (χ1v) is 19.3. The summed E-state index contributed by atoms with van der Waals surface area (Å²) in [6.45, 7) is 4.94. The van der Waals surface area contributed by atoms with Crippen LogP contribution in [0.2, 0.25) is 5.02 Å². The number of hydrogen-bond acceptors (Lipinski definition) is 14. The lowest BCUT2D eigenvalue weighted by atomic mass is 10.0. The van der Waals surface area contributed by atoms with E-state index in [-0.39, 0.29) is 53.9 Å². The Bertz CT molecular complexity index is 2400. The Hall–Kier alpha value is -6.11. The van der Waals surface area contributed by atoms with Gasteiger partial charge in [0.25, 0.3) is 23.3 Å². The van der Waals surface area contributed by atoms with Crippen molar-refractivity contribution in [3.63, 3.8) is 0 Å². The third-order valence-electron chi connectivity index (χ3n) is 10.9. The van der Waals surface area contributed by atoms with Gasteiger partial charge in [0.05, 0.1) is 35.6 Å².